The highest BCUT2D eigenvalue weighted by atomic mass is 16.5. The van der Waals surface area contributed by atoms with Gasteiger partial charge >= 0.3 is 0 Å². The molecule has 9 nitrogen and oxygen atoms in total. The highest BCUT2D eigenvalue weighted by Crippen LogP contribution is 2.19. The Morgan fingerprint density at radius 1 is 1.43 bits per heavy atom. The van der Waals surface area contributed by atoms with Crippen LogP contribution in [0.4, 0.5) is 5.95 Å². The molecule has 3 aromatic heterocycles. The van der Waals surface area contributed by atoms with Gasteiger partial charge in [0.25, 0.3) is 5.56 Å². The molecule has 0 spiro atoms. The van der Waals surface area contributed by atoms with Crippen molar-refractivity contribution in [3.8, 4) is 5.88 Å². The lowest BCUT2D eigenvalue weighted by atomic mass is 10.1. The molecular weight excluding hydrogens is 360 g/mol. The Labute approximate surface area is 162 Å². The van der Waals surface area contributed by atoms with Crippen molar-refractivity contribution < 1.29 is 9.47 Å². The SMILES string of the molecule is CC(C)(C)n1ncc2c(=O)[nH]c(NCc3ccnc(OC4CCOC4)c3)nc21. The van der Waals surface area contributed by atoms with Crippen LogP contribution >= 0.6 is 0 Å². The molecular formula is C19H24N6O3. The van der Waals surface area contributed by atoms with Gasteiger partial charge in [0.1, 0.15) is 11.5 Å². The maximum atomic E-state index is 12.4. The monoisotopic (exact) mass is 384 g/mol. The molecule has 1 atom stereocenters. The summed E-state index contributed by atoms with van der Waals surface area (Å²) in [7, 11) is 0. The van der Waals surface area contributed by atoms with Gasteiger partial charge in [-0.15, -0.1) is 0 Å². The first-order valence-electron chi connectivity index (χ1n) is 9.32. The summed E-state index contributed by atoms with van der Waals surface area (Å²) in [4.78, 5) is 23.9. The molecule has 0 amide bonds. The fourth-order valence-corrected chi connectivity index (χ4v) is 3.08. The molecule has 4 heterocycles. The minimum Gasteiger partial charge on any atom is -0.472 e. The van der Waals surface area contributed by atoms with Crippen LogP contribution in [0.3, 0.4) is 0 Å². The van der Waals surface area contributed by atoms with Gasteiger partial charge in [0.15, 0.2) is 5.65 Å². The van der Waals surface area contributed by atoms with E-state index in [1.54, 1.807) is 17.1 Å². The summed E-state index contributed by atoms with van der Waals surface area (Å²) in [6.07, 6.45) is 4.18. The van der Waals surface area contributed by atoms with Crippen molar-refractivity contribution in [2.24, 2.45) is 0 Å². The predicted octanol–water partition coefficient (Wildman–Crippen LogP) is 2.05. The number of aromatic amines is 1. The van der Waals surface area contributed by atoms with Gasteiger partial charge in [-0.05, 0) is 32.4 Å². The molecule has 0 aliphatic carbocycles. The summed E-state index contributed by atoms with van der Waals surface area (Å²) in [6.45, 7) is 7.84. The van der Waals surface area contributed by atoms with Crippen molar-refractivity contribution in [2.45, 2.75) is 45.4 Å². The number of aromatic nitrogens is 5. The average molecular weight is 384 g/mol. The largest absolute Gasteiger partial charge is 0.472 e. The lowest BCUT2D eigenvalue weighted by Crippen LogP contribution is -2.24. The molecule has 3 aromatic rings. The number of nitrogens with one attached hydrogen (secondary N) is 2. The van der Waals surface area contributed by atoms with E-state index >= 15 is 0 Å². The third kappa shape index (κ3) is 3.84. The van der Waals surface area contributed by atoms with Crippen LogP contribution in [0, 0.1) is 0 Å². The summed E-state index contributed by atoms with van der Waals surface area (Å²) < 4.78 is 12.9. The average Bonchev–Trinajstić information content (AvgIpc) is 3.29. The number of fused-ring (bicyclic) bond motifs is 1. The maximum Gasteiger partial charge on any atom is 0.263 e. The zero-order chi connectivity index (χ0) is 19.7. The van der Waals surface area contributed by atoms with Crippen LogP contribution in [0.25, 0.3) is 11.0 Å². The molecule has 4 rings (SSSR count). The predicted molar refractivity (Wildman–Crippen MR) is 105 cm³/mol. The fourth-order valence-electron chi connectivity index (χ4n) is 3.08. The van der Waals surface area contributed by atoms with E-state index in [0.717, 1.165) is 18.6 Å². The first-order valence-corrected chi connectivity index (χ1v) is 9.32. The summed E-state index contributed by atoms with van der Waals surface area (Å²) in [5, 5.41) is 7.96. The molecule has 1 saturated heterocycles. The molecule has 0 radical (unpaired) electrons. The summed E-state index contributed by atoms with van der Waals surface area (Å²) in [5.74, 6) is 0.962. The van der Waals surface area contributed by atoms with Crippen molar-refractivity contribution in [3.05, 3.63) is 40.4 Å². The Bertz CT molecular complexity index is 1030. The smallest absolute Gasteiger partial charge is 0.263 e. The maximum absolute atomic E-state index is 12.4. The number of rotatable bonds is 5. The molecule has 0 aromatic carbocycles. The van der Waals surface area contributed by atoms with Gasteiger partial charge in [0.05, 0.1) is 24.9 Å². The molecule has 1 aliphatic rings. The van der Waals surface area contributed by atoms with Gasteiger partial charge in [0.2, 0.25) is 11.8 Å². The number of anilines is 1. The van der Waals surface area contributed by atoms with E-state index in [1.807, 2.05) is 32.9 Å². The summed E-state index contributed by atoms with van der Waals surface area (Å²) >= 11 is 0. The molecule has 0 saturated carbocycles. The molecule has 1 unspecified atom stereocenters. The van der Waals surface area contributed by atoms with Crippen molar-refractivity contribution >= 4 is 17.0 Å². The molecule has 28 heavy (non-hydrogen) atoms. The fraction of sp³-hybridized carbons (Fsp3) is 0.474. The topological polar surface area (TPSA) is 107 Å². The first kappa shape index (κ1) is 18.4. The van der Waals surface area contributed by atoms with E-state index in [4.69, 9.17) is 9.47 Å². The van der Waals surface area contributed by atoms with Crippen LogP contribution in [0.15, 0.2) is 29.3 Å². The number of hydrogen-bond acceptors (Lipinski definition) is 7. The van der Waals surface area contributed by atoms with Crippen molar-refractivity contribution in [1.29, 1.82) is 0 Å². The van der Waals surface area contributed by atoms with Crippen molar-refractivity contribution in [3.63, 3.8) is 0 Å². The minimum absolute atomic E-state index is 0.0498. The van der Waals surface area contributed by atoms with Crippen LogP contribution in [-0.4, -0.2) is 44.1 Å². The number of nitrogens with zero attached hydrogens (tertiary/aromatic N) is 4. The minimum atomic E-state index is -0.277. The Hall–Kier alpha value is -2.94. The second kappa shape index (κ2) is 7.23. The third-order valence-electron chi connectivity index (χ3n) is 4.51. The van der Waals surface area contributed by atoms with Crippen LogP contribution in [0.5, 0.6) is 5.88 Å². The number of hydrogen-bond donors (Lipinski definition) is 2. The second-order valence-electron chi connectivity index (χ2n) is 7.84. The second-order valence-corrected chi connectivity index (χ2v) is 7.84. The van der Waals surface area contributed by atoms with Crippen molar-refractivity contribution in [1.82, 2.24) is 24.7 Å². The van der Waals surface area contributed by atoms with E-state index in [0.29, 0.717) is 36.0 Å². The number of H-pyrrole nitrogens is 1. The number of ether oxygens (including phenoxy) is 2. The van der Waals surface area contributed by atoms with E-state index in [2.05, 4.69) is 25.4 Å². The van der Waals surface area contributed by atoms with Gasteiger partial charge in [-0.1, -0.05) is 0 Å². The van der Waals surface area contributed by atoms with Crippen LogP contribution < -0.4 is 15.6 Å². The van der Waals surface area contributed by atoms with E-state index in [1.165, 1.54) is 0 Å². The van der Waals surface area contributed by atoms with Crippen molar-refractivity contribution in [2.75, 3.05) is 18.5 Å². The number of pyridine rings is 1. The summed E-state index contributed by atoms with van der Waals surface area (Å²) in [6, 6.07) is 3.77. The lowest BCUT2D eigenvalue weighted by molar-refractivity contribution is 0.138. The third-order valence-corrected chi connectivity index (χ3v) is 4.51. The molecule has 0 bridgehead atoms. The Kier molecular flexibility index (Phi) is 4.76. The normalized spacial score (nSPS) is 17.2. The Morgan fingerprint density at radius 3 is 3.04 bits per heavy atom. The van der Waals surface area contributed by atoms with Crippen LogP contribution in [0.2, 0.25) is 0 Å². The molecule has 1 fully saturated rings. The van der Waals surface area contributed by atoms with Gasteiger partial charge in [-0.2, -0.15) is 10.1 Å². The van der Waals surface area contributed by atoms with E-state index < -0.39 is 0 Å². The zero-order valence-electron chi connectivity index (χ0n) is 16.2. The zero-order valence-corrected chi connectivity index (χ0v) is 16.2. The quantitative estimate of drug-likeness (QED) is 0.693. The van der Waals surface area contributed by atoms with Gasteiger partial charge in [-0.25, -0.2) is 9.67 Å². The van der Waals surface area contributed by atoms with Gasteiger partial charge in [0, 0.05) is 25.2 Å². The first-order chi connectivity index (χ1) is 13.4. The van der Waals surface area contributed by atoms with E-state index in [9.17, 15) is 4.79 Å². The van der Waals surface area contributed by atoms with Gasteiger partial charge < -0.3 is 14.8 Å². The molecule has 9 heteroatoms. The lowest BCUT2D eigenvalue weighted by Gasteiger charge is -2.19. The molecule has 148 valence electrons. The highest BCUT2D eigenvalue weighted by molar-refractivity contribution is 5.74. The molecule has 2 N–H and O–H groups in total. The standard InChI is InChI=1S/C19H24N6O3/c1-19(2,3)25-16-14(10-22-25)17(26)24-18(23-16)21-9-12-4-6-20-15(8-12)28-13-5-7-27-11-13/h4,6,8,10,13H,5,7,9,11H2,1-3H3,(H2,21,23,24,26). The Morgan fingerprint density at radius 2 is 2.29 bits per heavy atom. The Balaban J connectivity index is 1.52. The van der Waals surface area contributed by atoms with Gasteiger partial charge in [-0.3, -0.25) is 9.78 Å². The van der Waals surface area contributed by atoms with Crippen LogP contribution in [0.1, 0.15) is 32.8 Å². The van der Waals surface area contributed by atoms with Crippen LogP contribution in [-0.2, 0) is 16.8 Å². The highest BCUT2D eigenvalue weighted by Gasteiger charge is 2.20. The summed E-state index contributed by atoms with van der Waals surface area (Å²) in [5.41, 5.74) is 1.03. The van der Waals surface area contributed by atoms with E-state index in [-0.39, 0.29) is 17.2 Å². The molecule has 1 aliphatic heterocycles.